The number of hydrogen-bond acceptors (Lipinski definition) is 2. The summed E-state index contributed by atoms with van der Waals surface area (Å²) in [6.07, 6.45) is 1.91. The Hall–Kier alpha value is -2.69. The Kier molecular flexibility index (Phi) is 4.10. The molecule has 1 aliphatic rings. The molecule has 0 unspecified atom stereocenters. The first-order valence-corrected chi connectivity index (χ1v) is 7.52. The maximum atomic E-state index is 13.7. The zero-order chi connectivity index (χ0) is 16.4. The molecule has 2 aromatic rings. The van der Waals surface area contributed by atoms with Crippen LogP contribution in [0.5, 0.6) is 0 Å². The van der Waals surface area contributed by atoms with E-state index in [-0.39, 0.29) is 17.5 Å². The van der Waals surface area contributed by atoms with E-state index in [1.165, 1.54) is 25.1 Å². The largest absolute Gasteiger partial charge is 0.320 e. The molecule has 1 saturated carbocycles. The van der Waals surface area contributed by atoms with E-state index in [4.69, 9.17) is 0 Å². The Morgan fingerprint density at radius 3 is 2.39 bits per heavy atom. The number of nitrogens with zero attached hydrogens (tertiary/aromatic N) is 1. The van der Waals surface area contributed by atoms with Gasteiger partial charge in [-0.05, 0) is 37.1 Å². The molecule has 1 N–H and O–H groups in total. The van der Waals surface area contributed by atoms with Crippen molar-refractivity contribution in [3.05, 3.63) is 59.9 Å². The standard InChI is InChI=1S/C18H17FN2O2/c1-12(22)21(13-10-11-13)17-9-5-4-8-16(17)20-18(23)14-6-2-3-7-15(14)19/h2-9,13H,10-11H2,1H3,(H,20,23). The van der Waals surface area contributed by atoms with Crippen LogP contribution in [0.2, 0.25) is 0 Å². The minimum atomic E-state index is -0.576. The van der Waals surface area contributed by atoms with Crippen molar-refractivity contribution in [1.82, 2.24) is 0 Å². The highest BCUT2D eigenvalue weighted by molar-refractivity contribution is 6.07. The molecule has 0 heterocycles. The van der Waals surface area contributed by atoms with Crippen molar-refractivity contribution in [2.75, 3.05) is 10.2 Å². The van der Waals surface area contributed by atoms with E-state index < -0.39 is 11.7 Å². The summed E-state index contributed by atoms with van der Waals surface area (Å²) in [6.45, 7) is 1.51. The van der Waals surface area contributed by atoms with Crippen LogP contribution in [0.15, 0.2) is 48.5 Å². The third-order valence-corrected chi connectivity index (χ3v) is 3.78. The summed E-state index contributed by atoms with van der Waals surface area (Å²) in [5.41, 5.74) is 1.12. The Morgan fingerprint density at radius 2 is 1.74 bits per heavy atom. The van der Waals surface area contributed by atoms with Crippen LogP contribution in [0.3, 0.4) is 0 Å². The van der Waals surface area contributed by atoms with E-state index in [2.05, 4.69) is 5.32 Å². The van der Waals surface area contributed by atoms with Gasteiger partial charge in [-0.15, -0.1) is 0 Å². The molecule has 118 valence electrons. The minimum Gasteiger partial charge on any atom is -0.320 e. The number of rotatable bonds is 4. The van der Waals surface area contributed by atoms with E-state index >= 15 is 0 Å². The lowest BCUT2D eigenvalue weighted by molar-refractivity contribution is -0.116. The summed E-state index contributed by atoms with van der Waals surface area (Å²) in [7, 11) is 0. The van der Waals surface area contributed by atoms with Crippen molar-refractivity contribution in [2.24, 2.45) is 0 Å². The Morgan fingerprint density at radius 1 is 1.09 bits per heavy atom. The van der Waals surface area contributed by atoms with Gasteiger partial charge < -0.3 is 10.2 Å². The molecule has 0 saturated heterocycles. The molecular weight excluding hydrogens is 295 g/mol. The molecule has 0 aliphatic heterocycles. The van der Waals surface area contributed by atoms with Gasteiger partial charge in [0.25, 0.3) is 5.91 Å². The second-order valence-electron chi connectivity index (χ2n) is 5.57. The van der Waals surface area contributed by atoms with Crippen LogP contribution in [0.4, 0.5) is 15.8 Å². The highest BCUT2D eigenvalue weighted by atomic mass is 19.1. The summed E-state index contributed by atoms with van der Waals surface area (Å²) in [6, 6.07) is 13.1. The number of anilines is 2. The van der Waals surface area contributed by atoms with Crippen LogP contribution in [0, 0.1) is 5.82 Å². The Bertz CT molecular complexity index is 756. The molecule has 2 aromatic carbocycles. The van der Waals surface area contributed by atoms with Crippen LogP contribution in [-0.4, -0.2) is 17.9 Å². The van der Waals surface area contributed by atoms with Crippen molar-refractivity contribution in [3.63, 3.8) is 0 Å². The molecule has 1 aliphatic carbocycles. The van der Waals surface area contributed by atoms with Crippen molar-refractivity contribution < 1.29 is 14.0 Å². The average Bonchev–Trinajstić information content (AvgIpc) is 3.34. The van der Waals surface area contributed by atoms with Crippen molar-refractivity contribution in [1.29, 1.82) is 0 Å². The lowest BCUT2D eigenvalue weighted by atomic mass is 10.1. The fourth-order valence-electron chi connectivity index (χ4n) is 2.58. The second-order valence-corrected chi connectivity index (χ2v) is 5.57. The Labute approximate surface area is 133 Å². The van der Waals surface area contributed by atoms with Gasteiger partial charge in [-0.2, -0.15) is 0 Å². The fraction of sp³-hybridized carbons (Fsp3) is 0.222. The number of benzene rings is 2. The zero-order valence-electron chi connectivity index (χ0n) is 12.8. The topological polar surface area (TPSA) is 49.4 Å². The number of para-hydroxylation sites is 2. The molecular formula is C18H17FN2O2. The molecule has 1 fully saturated rings. The highest BCUT2D eigenvalue weighted by Gasteiger charge is 2.33. The Balaban J connectivity index is 1.90. The number of amides is 2. The van der Waals surface area contributed by atoms with Gasteiger partial charge in [-0.1, -0.05) is 24.3 Å². The van der Waals surface area contributed by atoms with E-state index in [1.54, 1.807) is 29.2 Å². The fourth-order valence-corrected chi connectivity index (χ4v) is 2.58. The van der Waals surface area contributed by atoms with E-state index in [9.17, 15) is 14.0 Å². The average molecular weight is 312 g/mol. The summed E-state index contributed by atoms with van der Waals surface area (Å²) in [5, 5.41) is 2.71. The summed E-state index contributed by atoms with van der Waals surface area (Å²) in [5.74, 6) is -1.18. The van der Waals surface area contributed by atoms with Gasteiger partial charge in [0.15, 0.2) is 0 Å². The molecule has 2 amide bonds. The maximum absolute atomic E-state index is 13.7. The van der Waals surface area contributed by atoms with Gasteiger partial charge in [-0.25, -0.2) is 4.39 Å². The van der Waals surface area contributed by atoms with Crippen molar-refractivity contribution in [2.45, 2.75) is 25.8 Å². The van der Waals surface area contributed by atoms with Gasteiger partial charge in [0.1, 0.15) is 5.82 Å². The number of halogens is 1. The van der Waals surface area contributed by atoms with Crippen LogP contribution in [0.25, 0.3) is 0 Å². The lowest BCUT2D eigenvalue weighted by Crippen LogP contribution is -2.31. The van der Waals surface area contributed by atoms with Crippen LogP contribution >= 0.6 is 0 Å². The van der Waals surface area contributed by atoms with Gasteiger partial charge in [0, 0.05) is 13.0 Å². The van der Waals surface area contributed by atoms with Crippen molar-refractivity contribution >= 4 is 23.2 Å². The molecule has 0 aromatic heterocycles. The number of carbonyl (C=O) groups is 2. The zero-order valence-corrected chi connectivity index (χ0v) is 12.8. The predicted octanol–water partition coefficient (Wildman–Crippen LogP) is 3.59. The molecule has 4 nitrogen and oxygen atoms in total. The molecule has 0 bridgehead atoms. The van der Waals surface area contributed by atoms with E-state index in [0.29, 0.717) is 11.4 Å². The van der Waals surface area contributed by atoms with E-state index in [1.807, 2.05) is 6.07 Å². The number of hydrogen-bond donors (Lipinski definition) is 1. The van der Waals surface area contributed by atoms with Gasteiger partial charge in [-0.3, -0.25) is 9.59 Å². The van der Waals surface area contributed by atoms with Crippen molar-refractivity contribution in [3.8, 4) is 0 Å². The van der Waals surface area contributed by atoms with Crippen LogP contribution < -0.4 is 10.2 Å². The smallest absolute Gasteiger partial charge is 0.258 e. The maximum Gasteiger partial charge on any atom is 0.258 e. The lowest BCUT2D eigenvalue weighted by Gasteiger charge is -2.23. The molecule has 0 atom stereocenters. The predicted molar refractivity (Wildman–Crippen MR) is 87.0 cm³/mol. The van der Waals surface area contributed by atoms with Crippen LogP contribution in [-0.2, 0) is 4.79 Å². The van der Waals surface area contributed by atoms with Gasteiger partial charge >= 0.3 is 0 Å². The van der Waals surface area contributed by atoms with Gasteiger partial charge in [0.05, 0.1) is 16.9 Å². The normalized spacial score (nSPS) is 13.5. The molecule has 3 rings (SSSR count). The first-order valence-electron chi connectivity index (χ1n) is 7.52. The molecule has 5 heteroatoms. The highest BCUT2D eigenvalue weighted by Crippen LogP contribution is 2.36. The minimum absolute atomic E-state index is 0.0249. The SMILES string of the molecule is CC(=O)N(c1ccccc1NC(=O)c1ccccc1F)C1CC1. The summed E-state index contributed by atoms with van der Waals surface area (Å²) < 4.78 is 13.7. The molecule has 23 heavy (non-hydrogen) atoms. The first-order chi connectivity index (χ1) is 11.1. The summed E-state index contributed by atoms with van der Waals surface area (Å²) >= 11 is 0. The third kappa shape index (κ3) is 3.23. The van der Waals surface area contributed by atoms with Gasteiger partial charge in [0.2, 0.25) is 5.91 Å². The van der Waals surface area contributed by atoms with Crippen LogP contribution in [0.1, 0.15) is 30.1 Å². The quantitative estimate of drug-likeness (QED) is 0.938. The van der Waals surface area contributed by atoms with E-state index in [0.717, 1.165) is 12.8 Å². The molecule has 0 spiro atoms. The third-order valence-electron chi connectivity index (χ3n) is 3.78. The second kappa shape index (κ2) is 6.20. The first kappa shape index (κ1) is 15.2. The number of carbonyl (C=O) groups excluding carboxylic acids is 2. The molecule has 0 radical (unpaired) electrons. The monoisotopic (exact) mass is 312 g/mol. The number of nitrogens with one attached hydrogen (secondary N) is 1. The summed E-state index contributed by atoms with van der Waals surface area (Å²) in [4.78, 5) is 25.9.